The SMILES string of the molecule is Cc1ccc(C(=O)CC2(C)CCC2)s1. The summed E-state index contributed by atoms with van der Waals surface area (Å²) in [6.45, 7) is 4.28. The molecular weight excluding hydrogens is 192 g/mol. The van der Waals surface area contributed by atoms with E-state index < -0.39 is 0 Å². The van der Waals surface area contributed by atoms with Crippen molar-refractivity contribution < 1.29 is 4.79 Å². The predicted octanol–water partition coefficient (Wildman–Crippen LogP) is 3.82. The average molecular weight is 208 g/mol. The highest BCUT2D eigenvalue weighted by Crippen LogP contribution is 2.44. The van der Waals surface area contributed by atoms with Crippen LogP contribution >= 0.6 is 11.3 Å². The molecular formula is C12H16OS. The molecule has 1 aromatic rings. The van der Waals surface area contributed by atoms with Crippen molar-refractivity contribution in [3.63, 3.8) is 0 Å². The molecule has 0 atom stereocenters. The van der Waals surface area contributed by atoms with Crippen molar-refractivity contribution in [3.8, 4) is 0 Å². The Morgan fingerprint density at radius 1 is 1.50 bits per heavy atom. The number of Topliss-reactive ketones (excluding diaryl/α,β-unsaturated/α-hetero) is 1. The van der Waals surface area contributed by atoms with Gasteiger partial charge in [-0.25, -0.2) is 0 Å². The summed E-state index contributed by atoms with van der Waals surface area (Å²) in [4.78, 5) is 14.0. The van der Waals surface area contributed by atoms with Gasteiger partial charge >= 0.3 is 0 Å². The molecule has 0 radical (unpaired) electrons. The molecule has 0 saturated heterocycles. The second-order valence-corrected chi connectivity index (χ2v) is 5.96. The highest BCUT2D eigenvalue weighted by atomic mass is 32.1. The van der Waals surface area contributed by atoms with E-state index in [0.717, 1.165) is 11.3 Å². The van der Waals surface area contributed by atoms with Crippen LogP contribution in [0, 0.1) is 12.3 Å². The van der Waals surface area contributed by atoms with Gasteiger partial charge in [0.05, 0.1) is 4.88 Å². The van der Waals surface area contributed by atoms with E-state index in [1.165, 1.54) is 24.1 Å². The van der Waals surface area contributed by atoms with E-state index in [1.54, 1.807) is 11.3 Å². The molecule has 14 heavy (non-hydrogen) atoms. The Balaban J connectivity index is 2.02. The van der Waals surface area contributed by atoms with Gasteiger partial charge in [0.25, 0.3) is 0 Å². The maximum absolute atomic E-state index is 11.9. The van der Waals surface area contributed by atoms with Gasteiger partial charge in [0.15, 0.2) is 5.78 Å². The summed E-state index contributed by atoms with van der Waals surface area (Å²) in [6, 6.07) is 3.99. The first kappa shape index (κ1) is 9.91. The summed E-state index contributed by atoms with van der Waals surface area (Å²) in [5, 5.41) is 0. The van der Waals surface area contributed by atoms with Gasteiger partial charge in [0.2, 0.25) is 0 Å². The molecule has 1 saturated carbocycles. The van der Waals surface area contributed by atoms with Crippen LogP contribution in [0.25, 0.3) is 0 Å². The zero-order valence-electron chi connectivity index (χ0n) is 8.80. The standard InChI is InChI=1S/C12H16OS/c1-9-4-5-11(14-9)10(13)8-12(2)6-3-7-12/h4-5H,3,6-8H2,1-2H3. The number of rotatable bonds is 3. The summed E-state index contributed by atoms with van der Waals surface area (Å²) >= 11 is 1.62. The topological polar surface area (TPSA) is 17.1 Å². The summed E-state index contributed by atoms with van der Waals surface area (Å²) in [7, 11) is 0. The third kappa shape index (κ3) is 1.90. The zero-order valence-corrected chi connectivity index (χ0v) is 9.62. The van der Waals surface area contributed by atoms with Gasteiger partial charge in [-0.2, -0.15) is 0 Å². The molecule has 0 aromatic carbocycles. The molecule has 0 N–H and O–H groups in total. The van der Waals surface area contributed by atoms with Gasteiger partial charge in [-0.15, -0.1) is 11.3 Å². The van der Waals surface area contributed by atoms with E-state index in [9.17, 15) is 4.79 Å². The summed E-state index contributed by atoms with van der Waals surface area (Å²) in [5.41, 5.74) is 0.314. The number of hydrogen-bond donors (Lipinski definition) is 0. The van der Waals surface area contributed by atoms with Crippen LogP contribution < -0.4 is 0 Å². The lowest BCUT2D eigenvalue weighted by molar-refractivity contribution is 0.0820. The van der Waals surface area contributed by atoms with Gasteiger partial charge in [-0.3, -0.25) is 4.79 Å². The van der Waals surface area contributed by atoms with Crippen LogP contribution in [-0.4, -0.2) is 5.78 Å². The minimum absolute atomic E-state index is 0.314. The molecule has 1 heterocycles. The highest BCUT2D eigenvalue weighted by Gasteiger charge is 2.34. The van der Waals surface area contributed by atoms with Gasteiger partial charge in [-0.05, 0) is 37.3 Å². The van der Waals surface area contributed by atoms with E-state index in [4.69, 9.17) is 0 Å². The Bertz CT molecular complexity index is 347. The fourth-order valence-corrected chi connectivity index (χ4v) is 2.82. The normalized spacial score (nSPS) is 19.0. The molecule has 2 rings (SSSR count). The maximum Gasteiger partial charge on any atom is 0.173 e. The fraction of sp³-hybridized carbons (Fsp3) is 0.583. The molecule has 0 amide bonds. The molecule has 1 fully saturated rings. The Labute approximate surface area is 89.1 Å². The molecule has 2 heteroatoms. The van der Waals surface area contributed by atoms with Crippen molar-refractivity contribution in [3.05, 3.63) is 21.9 Å². The lowest BCUT2D eigenvalue weighted by atomic mass is 9.67. The van der Waals surface area contributed by atoms with Crippen LogP contribution in [0.5, 0.6) is 0 Å². The van der Waals surface area contributed by atoms with Crippen LogP contribution in [0.15, 0.2) is 12.1 Å². The van der Waals surface area contributed by atoms with Crippen LogP contribution in [0.4, 0.5) is 0 Å². The largest absolute Gasteiger partial charge is 0.293 e. The second-order valence-electron chi connectivity index (χ2n) is 4.67. The number of carbonyl (C=O) groups excluding carboxylic acids is 1. The highest BCUT2D eigenvalue weighted by molar-refractivity contribution is 7.14. The predicted molar refractivity (Wildman–Crippen MR) is 60.0 cm³/mol. The van der Waals surface area contributed by atoms with Gasteiger partial charge in [0.1, 0.15) is 0 Å². The van der Waals surface area contributed by atoms with E-state index in [1.807, 2.05) is 19.1 Å². The van der Waals surface area contributed by atoms with E-state index in [0.29, 0.717) is 11.2 Å². The van der Waals surface area contributed by atoms with E-state index in [2.05, 4.69) is 6.92 Å². The molecule has 0 aliphatic heterocycles. The minimum atomic E-state index is 0.314. The Morgan fingerprint density at radius 2 is 2.21 bits per heavy atom. The fourth-order valence-electron chi connectivity index (χ4n) is 2.02. The molecule has 1 nitrogen and oxygen atoms in total. The van der Waals surface area contributed by atoms with E-state index in [-0.39, 0.29) is 0 Å². The van der Waals surface area contributed by atoms with Gasteiger partial charge in [0, 0.05) is 11.3 Å². The number of thiophene rings is 1. The lowest BCUT2D eigenvalue weighted by Gasteiger charge is -2.37. The minimum Gasteiger partial charge on any atom is -0.293 e. The Kier molecular flexibility index (Phi) is 2.48. The molecule has 1 aliphatic carbocycles. The first-order chi connectivity index (χ1) is 6.59. The second kappa shape index (κ2) is 3.50. The smallest absolute Gasteiger partial charge is 0.173 e. The molecule has 0 bridgehead atoms. The van der Waals surface area contributed by atoms with Crippen molar-refractivity contribution in [2.24, 2.45) is 5.41 Å². The Morgan fingerprint density at radius 3 is 2.64 bits per heavy atom. The molecule has 1 aromatic heterocycles. The Hall–Kier alpha value is -0.630. The third-order valence-electron chi connectivity index (χ3n) is 3.16. The number of carbonyl (C=O) groups is 1. The van der Waals surface area contributed by atoms with Gasteiger partial charge < -0.3 is 0 Å². The van der Waals surface area contributed by atoms with Crippen LogP contribution in [0.1, 0.15) is 47.2 Å². The molecule has 0 spiro atoms. The van der Waals surface area contributed by atoms with Crippen LogP contribution in [0.2, 0.25) is 0 Å². The first-order valence-electron chi connectivity index (χ1n) is 5.19. The number of ketones is 1. The summed E-state index contributed by atoms with van der Waals surface area (Å²) in [6.07, 6.45) is 4.49. The lowest BCUT2D eigenvalue weighted by Crippen LogP contribution is -2.28. The maximum atomic E-state index is 11.9. The molecule has 76 valence electrons. The number of aryl methyl sites for hydroxylation is 1. The average Bonchev–Trinajstić information content (AvgIpc) is 2.49. The van der Waals surface area contributed by atoms with Crippen molar-refractivity contribution in [2.75, 3.05) is 0 Å². The molecule has 0 unspecified atom stereocenters. The van der Waals surface area contributed by atoms with Crippen molar-refractivity contribution in [1.29, 1.82) is 0 Å². The summed E-state index contributed by atoms with van der Waals surface area (Å²) in [5.74, 6) is 0.338. The van der Waals surface area contributed by atoms with Crippen LogP contribution in [0.3, 0.4) is 0 Å². The van der Waals surface area contributed by atoms with Crippen LogP contribution in [-0.2, 0) is 0 Å². The summed E-state index contributed by atoms with van der Waals surface area (Å²) < 4.78 is 0. The van der Waals surface area contributed by atoms with Crippen molar-refractivity contribution in [2.45, 2.75) is 39.5 Å². The monoisotopic (exact) mass is 208 g/mol. The quantitative estimate of drug-likeness (QED) is 0.690. The number of hydrogen-bond acceptors (Lipinski definition) is 2. The first-order valence-corrected chi connectivity index (χ1v) is 6.00. The zero-order chi connectivity index (χ0) is 10.2. The van der Waals surface area contributed by atoms with E-state index >= 15 is 0 Å². The van der Waals surface area contributed by atoms with Gasteiger partial charge in [-0.1, -0.05) is 13.3 Å². The van der Waals surface area contributed by atoms with Crippen molar-refractivity contribution in [1.82, 2.24) is 0 Å². The molecule has 1 aliphatic rings. The third-order valence-corrected chi connectivity index (χ3v) is 4.20. The van der Waals surface area contributed by atoms with Crippen molar-refractivity contribution >= 4 is 17.1 Å².